The molecular weight excluding hydrogens is 392 g/mol. The largest absolute Gasteiger partial charge is 0.493 e. The Balaban J connectivity index is 1.99. The summed E-state index contributed by atoms with van der Waals surface area (Å²) in [5.41, 5.74) is 1.89. The fourth-order valence-electron chi connectivity index (χ4n) is 3.06. The molecule has 1 aromatic rings. The smallest absolute Gasteiger partial charge is 0.261 e. The fraction of sp³-hybridized carbons (Fsp3) is 0.476. The summed E-state index contributed by atoms with van der Waals surface area (Å²) >= 11 is 0. The van der Waals surface area contributed by atoms with Crippen molar-refractivity contribution >= 4 is 17.7 Å². The topological polar surface area (TPSA) is 114 Å². The summed E-state index contributed by atoms with van der Waals surface area (Å²) in [7, 11) is 2.94. The number of unbranched alkanes of at least 4 members (excludes halogenated alkanes) is 3. The standard InChI is InChI=1S/C21H28N2O7/c1-28-16-13-15(21(26)23-11-7-6-10-19(23)25)14-17(29-2)20(16)30-12-8-4-3-5-9-18(24)22-27/h6,10,13-14,27H,3-5,7-9,11-12H2,1-2H3,(H,22,24). The summed E-state index contributed by atoms with van der Waals surface area (Å²) in [6.07, 6.45) is 7.15. The van der Waals surface area contributed by atoms with Gasteiger partial charge < -0.3 is 14.2 Å². The van der Waals surface area contributed by atoms with E-state index in [9.17, 15) is 14.4 Å². The van der Waals surface area contributed by atoms with Crippen molar-refractivity contribution in [2.24, 2.45) is 0 Å². The first-order valence-corrected chi connectivity index (χ1v) is 9.86. The highest BCUT2D eigenvalue weighted by Gasteiger charge is 2.25. The van der Waals surface area contributed by atoms with Crippen molar-refractivity contribution in [3.8, 4) is 17.2 Å². The van der Waals surface area contributed by atoms with E-state index in [0.717, 1.165) is 19.3 Å². The summed E-state index contributed by atoms with van der Waals surface area (Å²) in [6, 6.07) is 3.08. The second kappa shape index (κ2) is 11.8. The van der Waals surface area contributed by atoms with Crippen molar-refractivity contribution in [3.63, 3.8) is 0 Å². The van der Waals surface area contributed by atoms with Crippen LogP contribution < -0.4 is 19.7 Å². The number of hydrogen-bond acceptors (Lipinski definition) is 7. The van der Waals surface area contributed by atoms with Crippen LogP contribution in [0, 0.1) is 0 Å². The van der Waals surface area contributed by atoms with E-state index >= 15 is 0 Å². The van der Waals surface area contributed by atoms with Gasteiger partial charge in [0.05, 0.1) is 20.8 Å². The van der Waals surface area contributed by atoms with Crippen molar-refractivity contribution in [1.82, 2.24) is 10.4 Å². The molecule has 0 aromatic heterocycles. The predicted molar refractivity (Wildman–Crippen MR) is 108 cm³/mol. The molecule has 0 aliphatic carbocycles. The van der Waals surface area contributed by atoms with Gasteiger partial charge in [0, 0.05) is 18.5 Å². The predicted octanol–water partition coefficient (Wildman–Crippen LogP) is 2.47. The van der Waals surface area contributed by atoms with Crippen molar-refractivity contribution in [2.45, 2.75) is 38.5 Å². The Morgan fingerprint density at radius 2 is 1.77 bits per heavy atom. The van der Waals surface area contributed by atoms with E-state index in [0.29, 0.717) is 43.2 Å². The highest BCUT2D eigenvalue weighted by molar-refractivity contribution is 6.08. The molecule has 9 nitrogen and oxygen atoms in total. The van der Waals surface area contributed by atoms with E-state index in [-0.39, 0.29) is 17.9 Å². The maximum absolute atomic E-state index is 12.8. The lowest BCUT2D eigenvalue weighted by molar-refractivity contribution is -0.129. The SMILES string of the molecule is COc1cc(C(=O)N2CCC=CC2=O)cc(OC)c1OCCCCCCC(=O)NO. The zero-order valence-electron chi connectivity index (χ0n) is 17.3. The number of nitrogens with zero attached hydrogens (tertiary/aromatic N) is 1. The van der Waals surface area contributed by atoms with Gasteiger partial charge in [-0.25, -0.2) is 5.48 Å². The third kappa shape index (κ3) is 6.21. The normalized spacial score (nSPS) is 13.2. The van der Waals surface area contributed by atoms with Gasteiger partial charge in [-0.15, -0.1) is 0 Å². The number of benzene rings is 1. The Kier molecular flexibility index (Phi) is 9.14. The van der Waals surface area contributed by atoms with Gasteiger partial charge >= 0.3 is 0 Å². The number of hydroxylamine groups is 1. The number of carbonyl (C=O) groups is 3. The summed E-state index contributed by atoms with van der Waals surface area (Å²) in [6.45, 7) is 0.735. The number of carbonyl (C=O) groups excluding carboxylic acids is 3. The molecule has 2 rings (SSSR count). The summed E-state index contributed by atoms with van der Waals surface area (Å²) < 4.78 is 16.6. The third-order valence-electron chi connectivity index (χ3n) is 4.67. The van der Waals surface area contributed by atoms with Crippen LogP contribution in [-0.4, -0.2) is 55.2 Å². The van der Waals surface area contributed by atoms with Crippen LogP contribution in [0.5, 0.6) is 17.2 Å². The van der Waals surface area contributed by atoms with Gasteiger partial charge in [-0.05, 0) is 37.5 Å². The number of imide groups is 1. The first-order chi connectivity index (χ1) is 14.5. The van der Waals surface area contributed by atoms with Gasteiger partial charge in [0.2, 0.25) is 11.7 Å². The van der Waals surface area contributed by atoms with E-state index in [4.69, 9.17) is 19.4 Å². The average molecular weight is 420 g/mol. The van der Waals surface area contributed by atoms with Gasteiger partial charge in [-0.3, -0.25) is 24.5 Å². The van der Waals surface area contributed by atoms with Gasteiger partial charge in [-0.1, -0.05) is 18.9 Å². The molecule has 0 saturated carbocycles. The Morgan fingerprint density at radius 1 is 1.10 bits per heavy atom. The molecule has 1 heterocycles. The van der Waals surface area contributed by atoms with Crippen molar-refractivity contribution in [3.05, 3.63) is 29.8 Å². The number of nitrogens with one attached hydrogen (secondary N) is 1. The van der Waals surface area contributed by atoms with Crippen molar-refractivity contribution in [1.29, 1.82) is 0 Å². The molecular formula is C21H28N2O7. The zero-order chi connectivity index (χ0) is 21.9. The molecule has 2 N–H and O–H groups in total. The molecule has 9 heteroatoms. The van der Waals surface area contributed by atoms with Gasteiger partial charge in [-0.2, -0.15) is 0 Å². The van der Waals surface area contributed by atoms with Crippen LogP contribution >= 0.6 is 0 Å². The highest BCUT2D eigenvalue weighted by Crippen LogP contribution is 2.39. The zero-order valence-corrected chi connectivity index (χ0v) is 17.3. The molecule has 3 amide bonds. The summed E-state index contributed by atoms with van der Waals surface area (Å²) in [4.78, 5) is 36.9. The van der Waals surface area contributed by atoms with E-state index in [1.807, 2.05) is 0 Å². The average Bonchev–Trinajstić information content (AvgIpc) is 2.77. The first kappa shape index (κ1) is 23.2. The number of hydrogen-bond donors (Lipinski definition) is 2. The molecule has 164 valence electrons. The molecule has 1 aliphatic rings. The lowest BCUT2D eigenvalue weighted by Crippen LogP contribution is -2.38. The van der Waals surface area contributed by atoms with Crippen LogP contribution in [0.4, 0.5) is 0 Å². The quantitative estimate of drug-likeness (QED) is 0.245. The number of amides is 3. The van der Waals surface area contributed by atoms with E-state index in [1.165, 1.54) is 25.2 Å². The summed E-state index contributed by atoms with van der Waals surface area (Å²) in [5.74, 6) is -0.0752. The highest BCUT2D eigenvalue weighted by atomic mass is 16.5. The molecule has 0 bridgehead atoms. The van der Waals surface area contributed by atoms with Crippen molar-refractivity contribution < 1.29 is 33.8 Å². The molecule has 30 heavy (non-hydrogen) atoms. The minimum Gasteiger partial charge on any atom is -0.493 e. The van der Waals surface area contributed by atoms with Gasteiger partial charge in [0.1, 0.15) is 0 Å². The van der Waals surface area contributed by atoms with E-state index in [1.54, 1.807) is 23.7 Å². The molecule has 1 aliphatic heterocycles. The molecule has 0 radical (unpaired) electrons. The van der Waals surface area contributed by atoms with Crippen LogP contribution in [0.25, 0.3) is 0 Å². The first-order valence-electron chi connectivity index (χ1n) is 9.86. The minimum absolute atomic E-state index is 0.279. The van der Waals surface area contributed by atoms with Crippen LogP contribution in [0.1, 0.15) is 48.9 Å². The fourth-order valence-corrected chi connectivity index (χ4v) is 3.06. The van der Waals surface area contributed by atoms with Crippen LogP contribution in [0.2, 0.25) is 0 Å². The molecule has 0 atom stereocenters. The van der Waals surface area contributed by atoms with Gasteiger partial charge in [0.25, 0.3) is 11.8 Å². The van der Waals surface area contributed by atoms with Crippen molar-refractivity contribution in [2.75, 3.05) is 27.4 Å². The number of methoxy groups -OCH3 is 2. The van der Waals surface area contributed by atoms with E-state index in [2.05, 4.69) is 0 Å². The monoisotopic (exact) mass is 420 g/mol. The lowest BCUT2D eigenvalue weighted by atomic mass is 10.1. The molecule has 1 aromatic carbocycles. The molecule has 0 unspecified atom stereocenters. The number of rotatable bonds is 11. The lowest BCUT2D eigenvalue weighted by Gasteiger charge is -2.22. The van der Waals surface area contributed by atoms with Gasteiger partial charge in [0.15, 0.2) is 11.5 Å². The molecule has 0 saturated heterocycles. The Hall–Kier alpha value is -3.07. The van der Waals surface area contributed by atoms with Crippen LogP contribution in [0.3, 0.4) is 0 Å². The summed E-state index contributed by atoms with van der Waals surface area (Å²) in [5, 5.41) is 8.45. The second-order valence-electron chi connectivity index (χ2n) is 6.74. The third-order valence-corrected chi connectivity index (χ3v) is 4.67. The van der Waals surface area contributed by atoms with Crippen LogP contribution in [0.15, 0.2) is 24.3 Å². The Bertz CT molecular complexity index is 767. The minimum atomic E-state index is -0.417. The number of ether oxygens (including phenoxy) is 3. The van der Waals surface area contributed by atoms with E-state index < -0.39 is 11.8 Å². The maximum atomic E-state index is 12.8. The molecule has 0 spiro atoms. The Morgan fingerprint density at radius 3 is 2.37 bits per heavy atom. The molecule has 0 fully saturated rings. The second-order valence-corrected chi connectivity index (χ2v) is 6.74. The van der Waals surface area contributed by atoms with Crippen LogP contribution in [-0.2, 0) is 9.59 Å². The Labute approximate surface area is 175 Å². The maximum Gasteiger partial charge on any atom is 0.261 e.